The molecule has 1 heterocycles. The largest absolute Gasteiger partial charge is 0.466 e. The first-order chi connectivity index (χ1) is 5.70. The highest BCUT2D eigenvalue weighted by Crippen LogP contribution is 2.59. The molecule has 0 N–H and O–H groups in total. The van der Waals surface area contributed by atoms with Crippen LogP contribution in [0.3, 0.4) is 0 Å². The SMILES string of the molecule is CCOC(=O)C1C2CCOC21C. The Morgan fingerprint density at radius 3 is 3.00 bits per heavy atom. The van der Waals surface area contributed by atoms with Gasteiger partial charge in [0.1, 0.15) is 0 Å². The summed E-state index contributed by atoms with van der Waals surface area (Å²) in [5, 5.41) is 0. The van der Waals surface area contributed by atoms with E-state index in [1.807, 2.05) is 13.8 Å². The quantitative estimate of drug-likeness (QED) is 0.579. The molecule has 1 saturated carbocycles. The zero-order chi connectivity index (χ0) is 8.77. The molecule has 3 atom stereocenters. The monoisotopic (exact) mass is 170 g/mol. The molecular formula is C9H14O3. The lowest BCUT2D eigenvalue weighted by Crippen LogP contribution is -2.18. The zero-order valence-corrected chi connectivity index (χ0v) is 7.50. The predicted molar refractivity (Wildman–Crippen MR) is 42.6 cm³/mol. The van der Waals surface area contributed by atoms with Gasteiger partial charge in [-0.3, -0.25) is 4.79 Å². The van der Waals surface area contributed by atoms with Gasteiger partial charge in [0.25, 0.3) is 0 Å². The summed E-state index contributed by atoms with van der Waals surface area (Å²) in [6.45, 7) is 5.11. The Labute approximate surface area is 72.0 Å². The first-order valence-corrected chi connectivity index (χ1v) is 4.50. The van der Waals surface area contributed by atoms with Crippen molar-refractivity contribution in [1.29, 1.82) is 0 Å². The van der Waals surface area contributed by atoms with Crippen LogP contribution in [0.4, 0.5) is 0 Å². The van der Waals surface area contributed by atoms with Gasteiger partial charge in [0.05, 0.1) is 18.1 Å². The molecule has 1 saturated heterocycles. The van der Waals surface area contributed by atoms with Crippen LogP contribution >= 0.6 is 0 Å². The average molecular weight is 170 g/mol. The van der Waals surface area contributed by atoms with Crippen molar-refractivity contribution in [2.75, 3.05) is 13.2 Å². The van der Waals surface area contributed by atoms with Crippen LogP contribution in [-0.4, -0.2) is 24.8 Å². The molecule has 3 heteroatoms. The van der Waals surface area contributed by atoms with Gasteiger partial charge in [0.2, 0.25) is 0 Å². The number of hydrogen-bond donors (Lipinski definition) is 0. The smallest absolute Gasteiger partial charge is 0.312 e. The van der Waals surface area contributed by atoms with E-state index in [4.69, 9.17) is 9.47 Å². The van der Waals surface area contributed by atoms with Crippen LogP contribution < -0.4 is 0 Å². The Hall–Kier alpha value is -0.570. The van der Waals surface area contributed by atoms with Gasteiger partial charge in [-0.1, -0.05) is 0 Å². The normalized spacial score (nSPS) is 43.8. The number of esters is 1. The number of hydrogen-bond acceptors (Lipinski definition) is 3. The fourth-order valence-electron chi connectivity index (χ4n) is 2.26. The predicted octanol–water partition coefficient (Wildman–Crippen LogP) is 0.975. The molecule has 12 heavy (non-hydrogen) atoms. The maximum Gasteiger partial charge on any atom is 0.312 e. The lowest BCUT2D eigenvalue weighted by Gasteiger charge is -2.08. The topological polar surface area (TPSA) is 35.5 Å². The summed E-state index contributed by atoms with van der Waals surface area (Å²) >= 11 is 0. The molecule has 0 amide bonds. The van der Waals surface area contributed by atoms with Gasteiger partial charge in [0, 0.05) is 12.5 Å². The molecule has 0 aromatic carbocycles. The van der Waals surface area contributed by atoms with E-state index in [1.165, 1.54) is 0 Å². The van der Waals surface area contributed by atoms with Crippen LogP contribution in [0.25, 0.3) is 0 Å². The highest BCUT2D eigenvalue weighted by Gasteiger charge is 2.69. The number of rotatable bonds is 2. The van der Waals surface area contributed by atoms with E-state index in [0.29, 0.717) is 12.5 Å². The Bertz CT molecular complexity index is 214. The van der Waals surface area contributed by atoms with Crippen LogP contribution in [0.1, 0.15) is 20.3 Å². The fraction of sp³-hybridized carbons (Fsp3) is 0.889. The van der Waals surface area contributed by atoms with E-state index in [9.17, 15) is 4.79 Å². The average Bonchev–Trinajstić information content (AvgIpc) is 2.40. The minimum absolute atomic E-state index is 0.0196. The molecule has 0 aromatic heterocycles. The fourth-order valence-corrected chi connectivity index (χ4v) is 2.26. The van der Waals surface area contributed by atoms with Crippen LogP contribution in [0.15, 0.2) is 0 Å². The van der Waals surface area contributed by atoms with E-state index >= 15 is 0 Å². The third kappa shape index (κ3) is 0.891. The molecular weight excluding hydrogens is 156 g/mol. The highest BCUT2D eigenvalue weighted by atomic mass is 16.5. The number of ether oxygens (including phenoxy) is 2. The molecule has 3 nitrogen and oxygen atoms in total. The van der Waals surface area contributed by atoms with E-state index in [-0.39, 0.29) is 17.5 Å². The van der Waals surface area contributed by atoms with Crippen molar-refractivity contribution in [2.24, 2.45) is 11.8 Å². The summed E-state index contributed by atoms with van der Waals surface area (Å²) in [5.74, 6) is 0.368. The summed E-state index contributed by atoms with van der Waals surface area (Å²) in [5.41, 5.74) is -0.174. The van der Waals surface area contributed by atoms with Crippen molar-refractivity contribution in [2.45, 2.75) is 25.9 Å². The van der Waals surface area contributed by atoms with E-state index in [1.54, 1.807) is 0 Å². The maximum absolute atomic E-state index is 11.3. The van der Waals surface area contributed by atoms with Crippen molar-refractivity contribution < 1.29 is 14.3 Å². The summed E-state index contributed by atoms with van der Waals surface area (Å²) in [6, 6.07) is 0. The van der Waals surface area contributed by atoms with Crippen LogP contribution in [-0.2, 0) is 14.3 Å². The zero-order valence-electron chi connectivity index (χ0n) is 7.50. The lowest BCUT2D eigenvalue weighted by atomic mass is 10.2. The van der Waals surface area contributed by atoms with E-state index in [2.05, 4.69) is 0 Å². The van der Waals surface area contributed by atoms with Crippen LogP contribution in [0.2, 0.25) is 0 Å². The van der Waals surface area contributed by atoms with Crippen molar-refractivity contribution in [3.63, 3.8) is 0 Å². The summed E-state index contributed by atoms with van der Waals surface area (Å²) in [6.07, 6.45) is 1.01. The molecule has 2 rings (SSSR count). The van der Waals surface area contributed by atoms with Gasteiger partial charge in [-0.2, -0.15) is 0 Å². The molecule has 1 aliphatic carbocycles. The Kier molecular flexibility index (Phi) is 1.65. The third-order valence-electron chi connectivity index (χ3n) is 3.03. The van der Waals surface area contributed by atoms with Crippen molar-refractivity contribution in [3.8, 4) is 0 Å². The number of carbonyl (C=O) groups excluding carboxylic acids is 1. The molecule has 1 aliphatic heterocycles. The molecule has 3 unspecified atom stereocenters. The van der Waals surface area contributed by atoms with Crippen LogP contribution in [0.5, 0.6) is 0 Å². The second kappa shape index (κ2) is 2.46. The summed E-state index contributed by atoms with van der Waals surface area (Å²) in [4.78, 5) is 11.3. The van der Waals surface area contributed by atoms with Gasteiger partial charge >= 0.3 is 5.97 Å². The van der Waals surface area contributed by atoms with Crippen molar-refractivity contribution in [1.82, 2.24) is 0 Å². The molecule has 0 radical (unpaired) electrons. The van der Waals surface area contributed by atoms with Crippen LogP contribution in [0, 0.1) is 11.8 Å². The van der Waals surface area contributed by atoms with E-state index < -0.39 is 0 Å². The minimum Gasteiger partial charge on any atom is -0.466 e. The Balaban J connectivity index is 1.97. The van der Waals surface area contributed by atoms with Gasteiger partial charge in [-0.25, -0.2) is 0 Å². The molecule has 2 aliphatic rings. The first-order valence-electron chi connectivity index (χ1n) is 4.50. The molecule has 0 spiro atoms. The minimum atomic E-state index is -0.174. The standard InChI is InChI=1S/C9H14O3/c1-3-11-8(10)7-6-4-5-12-9(6,7)2/h6-7H,3-5H2,1-2H3. The Morgan fingerprint density at radius 2 is 2.50 bits per heavy atom. The van der Waals surface area contributed by atoms with Gasteiger partial charge in [-0.15, -0.1) is 0 Å². The maximum atomic E-state index is 11.3. The molecule has 68 valence electrons. The summed E-state index contributed by atoms with van der Waals surface area (Å²) < 4.78 is 10.4. The van der Waals surface area contributed by atoms with E-state index in [0.717, 1.165) is 13.0 Å². The van der Waals surface area contributed by atoms with Crippen molar-refractivity contribution in [3.05, 3.63) is 0 Å². The number of carbonyl (C=O) groups is 1. The number of fused-ring (bicyclic) bond motifs is 1. The Morgan fingerprint density at radius 1 is 1.75 bits per heavy atom. The molecule has 0 aromatic rings. The molecule has 2 fully saturated rings. The molecule has 0 bridgehead atoms. The highest BCUT2D eigenvalue weighted by molar-refractivity contribution is 5.78. The van der Waals surface area contributed by atoms with Gasteiger partial charge < -0.3 is 9.47 Å². The second-order valence-corrected chi connectivity index (χ2v) is 3.66. The van der Waals surface area contributed by atoms with Crippen molar-refractivity contribution >= 4 is 5.97 Å². The first kappa shape index (κ1) is 8.05. The van der Waals surface area contributed by atoms with Gasteiger partial charge in [0.15, 0.2) is 0 Å². The van der Waals surface area contributed by atoms with Gasteiger partial charge in [-0.05, 0) is 20.3 Å². The second-order valence-electron chi connectivity index (χ2n) is 3.66. The third-order valence-corrected chi connectivity index (χ3v) is 3.03. The lowest BCUT2D eigenvalue weighted by molar-refractivity contribution is -0.147. The summed E-state index contributed by atoms with van der Waals surface area (Å²) in [7, 11) is 0.